The number of ether oxygens (including phenoxy) is 7. The first-order valence-corrected chi connectivity index (χ1v) is 19.9. The van der Waals surface area contributed by atoms with Gasteiger partial charge in [-0.05, 0) is 77.0 Å². The molecule has 2 aromatic rings. The summed E-state index contributed by atoms with van der Waals surface area (Å²) >= 11 is 0. The monoisotopic (exact) mass is 797 g/mol. The maximum atomic E-state index is 13.9. The predicted octanol–water partition coefficient (Wildman–Crippen LogP) is 3.24. The standard InChI is InChI=1S/C42H55NO14/c1-8-42(50)18-31(23-14-26-25(15-24(23)36(42)41(49)51-7)37(47)22-10-9-11-29(45)35(22)38(26)48)55-33-16-27(43(5)6)39(20(3)53-33)57-34-17-30(46)40(21(4)54-34)56-32-13-12-28(44)19(2)52-32/h9-11,14-15,19-21,27-28,30-34,36,39-40,44-46,50H,8,12-13,16-18H2,1-7H3. The molecular formula is C42H55NO14. The van der Waals surface area contributed by atoms with Crippen molar-refractivity contribution < 1.29 is 68.0 Å². The topological polar surface area (TPSA) is 200 Å². The van der Waals surface area contributed by atoms with Crippen LogP contribution in [0, 0.1) is 0 Å². The van der Waals surface area contributed by atoms with E-state index in [9.17, 15) is 34.8 Å². The van der Waals surface area contributed by atoms with E-state index in [0.29, 0.717) is 30.4 Å². The Morgan fingerprint density at radius 3 is 2.11 bits per heavy atom. The van der Waals surface area contributed by atoms with Crippen molar-refractivity contribution in [2.24, 2.45) is 0 Å². The van der Waals surface area contributed by atoms with Crippen LogP contribution in [0.2, 0.25) is 0 Å². The largest absolute Gasteiger partial charge is 0.507 e. The third-order valence-corrected chi connectivity index (χ3v) is 12.5. The lowest BCUT2D eigenvalue weighted by Crippen LogP contribution is -2.58. The Hall–Kier alpha value is -3.35. The van der Waals surface area contributed by atoms with Crippen LogP contribution < -0.4 is 0 Å². The van der Waals surface area contributed by atoms with Gasteiger partial charge in [0.15, 0.2) is 30.4 Å². The normalized spacial score (nSPS) is 38.0. The number of likely N-dealkylation sites (N-methyl/N-ethyl adjacent to an activating group) is 1. The number of ketones is 2. The number of aliphatic hydroxyl groups is 3. The summed E-state index contributed by atoms with van der Waals surface area (Å²) in [6.07, 6.45) is -5.50. The van der Waals surface area contributed by atoms with Crippen molar-refractivity contribution in [2.75, 3.05) is 21.2 Å². The van der Waals surface area contributed by atoms with Gasteiger partial charge in [0.2, 0.25) is 0 Å². The molecule has 0 aromatic heterocycles. The number of fused-ring (bicyclic) bond motifs is 3. The van der Waals surface area contributed by atoms with Gasteiger partial charge in [0.05, 0.1) is 54.9 Å². The summed E-state index contributed by atoms with van der Waals surface area (Å²) in [6.45, 7) is 7.21. The van der Waals surface area contributed by atoms with Crippen molar-refractivity contribution in [1.29, 1.82) is 0 Å². The zero-order valence-electron chi connectivity index (χ0n) is 33.5. The number of phenols is 1. The van der Waals surface area contributed by atoms with Gasteiger partial charge < -0.3 is 58.5 Å². The van der Waals surface area contributed by atoms with E-state index in [2.05, 4.69) is 0 Å². The molecule has 3 heterocycles. The van der Waals surface area contributed by atoms with Crippen LogP contribution in [0.15, 0.2) is 30.3 Å². The molecule has 4 N–H and O–H groups in total. The van der Waals surface area contributed by atoms with Crippen molar-refractivity contribution in [3.8, 4) is 5.75 Å². The molecule has 0 bridgehead atoms. The first-order chi connectivity index (χ1) is 27.0. The summed E-state index contributed by atoms with van der Waals surface area (Å²) < 4.78 is 43.0. The van der Waals surface area contributed by atoms with E-state index >= 15 is 0 Å². The van der Waals surface area contributed by atoms with Crippen LogP contribution >= 0.6 is 0 Å². The molecule has 57 heavy (non-hydrogen) atoms. The van der Waals surface area contributed by atoms with E-state index in [-0.39, 0.29) is 59.4 Å². The van der Waals surface area contributed by atoms with Crippen molar-refractivity contribution in [1.82, 2.24) is 4.90 Å². The minimum atomic E-state index is -1.64. The van der Waals surface area contributed by atoms with Crippen LogP contribution in [0.25, 0.3) is 0 Å². The first-order valence-electron chi connectivity index (χ1n) is 19.9. The van der Waals surface area contributed by atoms with Crippen molar-refractivity contribution in [3.05, 3.63) is 63.7 Å². The number of hydrogen-bond acceptors (Lipinski definition) is 15. The lowest BCUT2D eigenvalue weighted by molar-refractivity contribution is -0.328. The van der Waals surface area contributed by atoms with Gasteiger partial charge in [-0.2, -0.15) is 0 Å². The molecule has 2 aliphatic carbocycles. The van der Waals surface area contributed by atoms with Gasteiger partial charge in [-0.25, -0.2) is 0 Å². The molecule has 7 rings (SSSR count). The van der Waals surface area contributed by atoms with Crippen LogP contribution in [0.5, 0.6) is 5.75 Å². The van der Waals surface area contributed by atoms with Crippen LogP contribution in [0.1, 0.15) is 121 Å². The number of carbonyl (C=O) groups excluding carboxylic acids is 3. The van der Waals surface area contributed by atoms with Gasteiger partial charge in [-0.3, -0.25) is 14.4 Å². The second kappa shape index (κ2) is 16.4. The molecule has 0 amide bonds. The van der Waals surface area contributed by atoms with Gasteiger partial charge in [-0.1, -0.05) is 19.1 Å². The number of esters is 1. The summed E-state index contributed by atoms with van der Waals surface area (Å²) in [5, 5.41) is 43.9. The molecule has 5 aliphatic rings. The Balaban J connectivity index is 1.11. The van der Waals surface area contributed by atoms with Crippen molar-refractivity contribution in [2.45, 2.75) is 151 Å². The second-order valence-corrected chi connectivity index (χ2v) is 16.4. The highest BCUT2D eigenvalue weighted by molar-refractivity contribution is 6.29. The van der Waals surface area contributed by atoms with E-state index in [1.54, 1.807) is 13.8 Å². The molecule has 3 fully saturated rings. The Morgan fingerprint density at radius 1 is 0.825 bits per heavy atom. The van der Waals surface area contributed by atoms with Crippen LogP contribution in [-0.2, 0) is 38.0 Å². The third kappa shape index (κ3) is 7.79. The van der Waals surface area contributed by atoms with Gasteiger partial charge in [0.25, 0.3) is 0 Å². The Kier molecular flexibility index (Phi) is 12.0. The number of carbonyl (C=O) groups is 3. The molecule has 15 nitrogen and oxygen atoms in total. The smallest absolute Gasteiger partial charge is 0.316 e. The molecular weight excluding hydrogens is 742 g/mol. The third-order valence-electron chi connectivity index (χ3n) is 12.5. The number of methoxy groups -OCH3 is 1. The maximum absolute atomic E-state index is 13.9. The lowest BCUT2D eigenvalue weighted by Gasteiger charge is -2.48. The summed E-state index contributed by atoms with van der Waals surface area (Å²) in [7, 11) is 5.06. The minimum absolute atomic E-state index is 0.0415. The highest BCUT2D eigenvalue weighted by Crippen LogP contribution is 2.50. The Bertz CT molecular complexity index is 1840. The Labute approximate surface area is 332 Å². The fourth-order valence-electron chi connectivity index (χ4n) is 9.25. The molecule has 0 saturated carbocycles. The Morgan fingerprint density at radius 2 is 1.46 bits per heavy atom. The van der Waals surface area contributed by atoms with E-state index in [0.717, 1.165) is 0 Å². The number of rotatable bonds is 9. The summed E-state index contributed by atoms with van der Waals surface area (Å²) in [5.74, 6) is -3.22. The van der Waals surface area contributed by atoms with E-state index in [1.807, 2.05) is 32.8 Å². The van der Waals surface area contributed by atoms with Crippen molar-refractivity contribution >= 4 is 17.5 Å². The van der Waals surface area contributed by atoms with Gasteiger partial charge in [0.1, 0.15) is 23.9 Å². The SMILES string of the molecule is CCC1(O)CC(OC2CC(N(C)C)C(OC3CC(O)C(OC4CCC(O)C(C)O4)C(C)O3)C(C)O2)c2cc3c(cc2C1C(=O)OC)C(=O)c1cccc(O)c1C3=O. The number of phenolic OH excluding ortho intramolecular Hbond substituents is 1. The van der Waals surface area contributed by atoms with E-state index in [4.69, 9.17) is 33.2 Å². The number of hydrogen-bond donors (Lipinski definition) is 4. The molecule has 2 aromatic carbocycles. The molecule has 312 valence electrons. The number of nitrogens with zero attached hydrogens (tertiary/aromatic N) is 1. The number of benzene rings is 2. The fraction of sp³-hybridized carbons (Fsp3) is 0.643. The lowest BCUT2D eigenvalue weighted by atomic mass is 9.67. The molecule has 0 spiro atoms. The van der Waals surface area contributed by atoms with Crippen molar-refractivity contribution in [3.63, 3.8) is 0 Å². The average molecular weight is 798 g/mol. The number of aromatic hydroxyl groups is 1. The molecule has 14 atom stereocenters. The van der Waals surface area contributed by atoms with Gasteiger partial charge in [0, 0.05) is 48.4 Å². The summed E-state index contributed by atoms with van der Waals surface area (Å²) in [5.41, 5.74) is -0.829. The number of aliphatic hydroxyl groups excluding tert-OH is 2. The van der Waals surface area contributed by atoms with Crippen LogP contribution in [0.4, 0.5) is 0 Å². The zero-order chi connectivity index (χ0) is 41.1. The predicted molar refractivity (Wildman–Crippen MR) is 201 cm³/mol. The highest BCUT2D eigenvalue weighted by atomic mass is 16.7. The first kappa shape index (κ1) is 41.8. The molecule has 0 radical (unpaired) electrons. The van der Waals surface area contributed by atoms with Gasteiger partial charge in [-0.15, -0.1) is 0 Å². The minimum Gasteiger partial charge on any atom is -0.507 e. The fourth-order valence-corrected chi connectivity index (χ4v) is 9.25. The maximum Gasteiger partial charge on any atom is 0.316 e. The summed E-state index contributed by atoms with van der Waals surface area (Å²) in [4.78, 5) is 43.0. The second-order valence-electron chi connectivity index (χ2n) is 16.4. The van der Waals surface area contributed by atoms with E-state index < -0.39 is 90.7 Å². The molecule has 3 saturated heterocycles. The summed E-state index contributed by atoms with van der Waals surface area (Å²) in [6, 6.07) is 7.06. The molecule has 15 heteroatoms. The van der Waals surface area contributed by atoms with Crippen LogP contribution in [-0.4, -0.2) is 137 Å². The molecule has 3 aliphatic heterocycles. The van der Waals surface area contributed by atoms with Crippen LogP contribution in [0.3, 0.4) is 0 Å². The molecule has 14 unspecified atom stereocenters. The van der Waals surface area contributed by atoms with E-state index in [1.165, 1.54) is 37.4 Å². The highest BCUT2D eigenvalue weighted by Gasteiger charge is 2.52. The quantitative estimate of drug-likeness (QED) is 0.230. The van der Waals surface area contributed by atoms with Gasteiger partial charge >= 0.3 is 5.97 Å². The zero-order valence-corrected chi connectivity index (χ0v) is 33.5. The average Bonchev–Trinajstić information content (AvgIpc) is 3.16.